The highest BCUT2D eigenvalue weighted by Gasteiger charge is 2.14. The summed E-state index contributed by atoms with van der Waals surface area (Å²) >= 11 is 0. The first-order chi connectivity index (χ1) is 6.70. The molecule has 4 nitrogen and oxygen atoms in total. The fourth-order valence-corrected chi connectivity index (χ4v) is 1.38. The third-order valence-electron chi connectivity index (χ3n) is 2.03. The van der Waals surface area contributed by atoms with Crippen molar-refractivity contribution in [3.63, 3.8) is 0 Å². The quantitative estimate of drug-likeness (QED) is 0.658. The summed E-state index contributed by atoms with van der Waals surface area (Å²) < 4.78 is 4.96. The van der Waals surface area contributed by atoms with E-state index in [0.717, 1.165) is 5.56 Å². The van der Waals surface area contributed by atoms with Crippen LogP contribution in [0.2, 0.25) is 0 Å². The second kappa shape index (κ2) is 4.95. The zero-order valence-electron chi connectivity index (χ0n) is 8.10. The van der Waals surface area contributed by atoms with E-state index < -0.39 is 6.10 Å². The highest BCUT2D eigenvalue weighted by molar-refractivity contribution is 5.40. The third kappa shape index (κ3) is 2.23. The van der Waals surface area contributed by atoms with Crippen LogP contribution in [-0.4, -0.2) is 23.9 Å². The summed E-state index contributed by atoms with van der Waals surface area (Å²) in [6.07, 6.45) is -0.846. The van der Waals surface area contributed by atoms with Crippen molar-refractivity contribution in [3.8, 4) is 5.75 Å². The van der Waals surface area contributed by atoms with Crippen LogP contribution in [0.25, 0.3) is 0 Å². The van der Waals surface area contributed by atoms with Gasteiger partial charge in [-0.25, -0.2) is 0 Å². The third-order valence-corrected chi connectivity index (χ3v) is 2.03. The summed E-state index contributed by atoms with van der Waals surface area (Å²) in [6.45, 7) is 0.426. The summed E-state index contributed by atoms with van der Waals surface area (Å²) in [5.41, 5.74) is 6.55. The summed E-state index contributed by atoms with van der Waals surface area (Å²) in [7, 11) is 1.56. The SMILES string of the molecule is COCc1cccc(O)c1C(O)CN. The van der Waals surface area contributed by atoms with Gasteiger partial charge in [-0.2, -0.15) is 0 Å². The van der Waals surface area contributed by atoms with Crippen LogP contribution in [0.4, 0.5) is 0 Å². The average molecular weight is 197 g/mol. The minimum atomic E-state index is -0.846. The first kappa shape index (κ1) is 11.0. The van der Waals surface area contributed by atoms with Crippen molar-refractivity contribution in [2.75, 3.05) is 13.7 Å². The lowest BCUT2D eigenvalue weighted by Gasteiger charge is -2.14. The second-order valence-electron chi connectivity index (χ2n) is 3.03. The maximum absolute atomic E-state index is 9.58. The van der Waals surface area contributed by atoms with Crippen LogP contribution in [0.1, 0.15) is 17.2 Å². The lowest BCUT2D eigenvalue weighted by molar-refractivity contribution is 0.163. The normalized spacial score (nSPS) is 12.8. The molecule has 0 radical (unpaired) electrons. The van der Waals surface area contributed by atoms with E-state index in [9.17, 15) is 10.2 Å². The Bertz CT molecular complexity index is 301. The molecule has 0 saturated heterocycles. The topological polar surface area (TPSA) is 75.7 Å². The maximum Gasteiger partial charge on any atom is 0.121 e. The van der Waals surface area contributed by atoms with Gasteiger partial charge in [0.1, 0.15) is 5.75 Å². The van der Waals surface area contributed by atoms with Gasteiger partial charge in [0.05, 0.1) is 12.7 Å². The molecule has 0 amide bonds. The Morgan fingerprint density at radius 2 is 2.21 bits per heavy atom. The number of benzene rings is 1. The van der Waals surface area contributed by atoms with Crippen LogP contribution < -0.4 is 5.73 Å². The summed E-state index contributed by atoms with van der Waals surface area (Å²) in [5, 5.41) is 19.1. The lowest BCUT2D eigenvalue weighted by atomic mass is 10.0. The van der Waals surface area contributed by atoms with Crippen LogP contribution in [0.3, 0.4) is 0 Å². The predicted molar refractivity (Wildman–Crippen MR) is 52.8 cm³/mol. The van der Waals surface area contributed by atoms with Crippen molar-refractivity contribution in [1.82, 2.24) is 0 Å². The van der Waals surface area contributed by atoms with Gasteiger partial charge in [-0.3, -0.25) is 0 Å². The van der Waals surface area contributed by atoms with Crippen LogP contribution in [0, 0.1) is 0 Å². The average Bonchev–Trinajstić information content (AvgIpc) is 2.18. The Hall–Kier alpha value is -1.10. The van der Waals surface area contributed by atoms with Crippen molar-refractivity contribution in [1.29, 1.82) is 0 Å². The van der Waals surface area contributed by atoms with Crippen molar-refractivity contribution < 1.29 is 14.9 Å². The van der Waals surface area contributed by atoms with E-state index in [1.807, 2.05) is 0 Å². The highest BCUT2D eigenvalue weighted by Crippen LogP contribution is 2.27. The Labute approximate surface area is 82.9 Å². The van der Waals surface area contributed by atoms with E-state index in [0.29, 0.717) is 12.2 Å². The molecule has 1 rings (SSSR count). The molecule has 14 heavy (non-hydrogen) atoms. The number of phenols is 1. The van der Waals surface area contributed by atoms with Gasteiger partial charge in [-0.1, -0.05) is 12.1 Å². The summed E-state index contributed by atoms with van der Waals surface area (Å²) in [5.74, 6) is 0.0532. The largest absolute Gasteiger partial charge is 0.508 e. The standard InChI is InChI=1S/C10H15NO3/c1-14-6-7-3-2-4-8(12)10(7)9(13)5-11/h2-4,9,12-13H,5-6,11H2,1H3. The molecule has 1 aromatic rings. The van der Waals surface area contributed by atoms with Crippen molar-refractivity contribution in [2.45, 2.75) is 12.7 Å². The van der Waals surface area contributed by atoms with Gasteiger partial charge in [0.2, 0.25) is 0 Å². The summed E-state index contributed by atoms with van der Waals surface area (Å²) in [4.78, 5) is 0. The van der Waals surface area contributed by atoms with Gasteiger partial charge in [0.15, 0.2) is 0 Å². The zero-order valence-corrected chi connectivity index (χ0v) is 8.10. The molecule has 1 unspecified atom stereocenters. The Balaban J connectivity index is 3.08. The number of nitrogens with two attached hydrogens (primary N) is 1. The van der Waals surface area contributed by atoms with E-state index in [-0.39, 0.29) is 12.3 Å². The number of ether oxygens (including phenoxy) is 1. The molecule has 78 valence electrons. The number of aliphatic hydroxyl groups excluding tert-OH is 1. The molecule has 4 heteroatoms. The molecule has 0 aliphatic rings. The van der Waals surface area contributed by atoms with E-state index >= 15 is 0 Å². The maximum atomic E-state index is 9.58. The molecule has 1 atom stereocenters. The minimum Gasteiger partial charge on any atom is -0.508 e. The fraction of sp³-hybridized carbons (Fsp3) is 0.400. The van der Waals surface area contributed by atoms with Gasteiger partial charge in [0, 0.05) is 19.2 Å². The van der Waals surface area contributed by atoms with Gasteiger partial charge < -0.3 is 20.7 Å². The Morgan fingerprint density at radius 1 is 1.50 bits per heavy atom. The lowest BCUT2D eigenvalue weighted by Crippen LogP contribution is -2.14. The van der Waals surface area contributed by atoms with Gasteiger partial charge in [0.25, 0.3) is 0 Å². The molecule has 0 aromatic heterocycles. The molecule has 0 aliphatic heterocycles. The molecule has 0 bridgehead atoms. The van der Waals surface area contributed by atoms with Crippen molar-refractivity contribution in [3.05, 3.63) is 29.3 Å². The fourth-order valence-electron chi connectivity index (χ4n) is 1.38. The molecule has 0 fully saturated rings. The number of phenolic OH excluding ortho intramolecular Hbond substituents is 1. The number of aromatic hydroxyl groups is 1. The molecular formula is C10H15NO3. The molecule has 0 saturated carbocycles. The van der Waals surface area contributed by atoms with Crippen LogP contribution in [0.15, 0.2) is 18.2 Å². The number of hydrogen-bond donors (Lipinski definition) is 3. The van der Waals surface area contributed by atoms with E-state index in [2.05, 4.69) is 0 Å². The number of hydrogen-bond acceptors (Lipinski definition) is 4. The van der Waals surface area contributed by atoms with E-state index in [1.165, 1.54) is 6.07 Å². The van der Waals surface area contributed by atoms with Gasteiger partial charge in [-0.05, 0) is 11.6 Å². The van der Waals surface area contributed by atoms with Crippen LogP contribution in [0.5, 0.6) is 5.75 Å². The van der Waals surface area contributed by atoms with Crippen LogP contribution in [-0.2, 0) is 11.3 Å². The molecule has 1 aromatic carbocycles. The number of aliphatic hydroxyl groups is 1. The number of rotatable bonds is 4. The van der Waals surface area contributed by atoms with Crippen molar-refractivity contribution in [2.24, 2.45) is 5.73 Å². The first-order valence-electron chi connectivity index (χ1n) is 4.38. The van der Waals surface area contributed by atoms with Gasteiger partial charge >= 0.3 is 0 Å². The van der Waals surface area contributed by atoms with Crippen molar-refractivity contribution >= 4 is 0 Å². The predicted octanol–water partition coefficient (Wildman–Crippen LogP) is 0.531. The highest BCUT2D eigenvalue weighted by atomic mass is 16.5. The number of methoxy groups -OCH3 is 1. The van der Waals surface area contributed by atoms with Gasteiger partial charge in [-0.15, -0.1) is 0 Å². The second-order valence-corrected chi connectivity index (χ2v) is 3.03. The molecule has 0 spiro atoms. The summed E-state index contributed by atoms with van der Waals surface area (Å²) in [6, 6.07) is 5.02. The minimum absolute atomic E-state index is 0.0532. The van der Waals surface area contributed by atoms with E-state index in [1.54, 1.807) is 19.2 Å². The van der Waals surface area contributed by atoms with Crippen LogP contribution >= 0.6 is 0 Å². The smallest absolute Gasteiger partial charge is 0.121 e. The molecule has 0 heterocycles. The Kier molecular flexibility index (Phi) is 3.88. The van der Waals surface area contributed by atoms with E-state index in [4.69, 9.17) is 10.5 Å². The first-order valence-corrected chi connectivity index (χ1v) is 4.38. The Morgan fingerprint density at radius 3 is 2.79 bits per heavy atom. The molecular weight excluding hydrogens is 182 g/mol. The molecule has 0 aliphatic carbocycles. The monoisotopic (exact) mass is 197 g/mol. The zero-order chi connectivity index (χ0) is 10.6. The molecule has 4 N–H and O–H groups in total.